The van der Waals surface area contributed by atoms with Gasteiger partial charge in [0.1, 0.15) is 5.75 Å². The number of carbonyl (C=O) groups is 1. The van der Waals surface area contributed by atoms with Crippen LogP contribution in [0.3, 0.4) is 0 Å². The van der Waals surface area contributed by atoms with E-state index in [4.69, 9.17) is 20.9 Å². The summed E-state index contributed by atoms with van der Waals surface area (Å²) in [6.07, 6.45) is 0. The lowest BCUT2D eigenvalue weighted by Crippen LogP contribution is -2.20. The number of amides is 1. The molecule has 0 unspecified atom stereocenters. The van der Waals surface area contributed by atoms with E-state index in [1.165, 1.54) is 0 Å². The molecule has 0 aliphatic rings. The van der Waals surface area contributed by atoms with Crippen LogP contribution in [0.5, 0.6) is 5.75 Å². The highest BCUT2D eigenvalue weighted by Crippen LogP contribution is 2.28. The zero-order valence-electron chi connectivity index (χ0n) is 13.7. The van der Waals surface area contributed by atoms with E-state index in [1.807, 2.05) is 19.1 Å². The first-order valence-electron chi connectivity index (χ1n) is 7.61. The van der Waals surface area contributed by atoms with E-state index in [2.05, 4.69) is 15.5 Å². The molecule has 0 saturated carbocycles. The summed E-state index contributed by atoms with van der Waals surface area (Å²) in [5.41, 5.74) is 2.19. The molecule has 1 amide bonds. The van der Waals surface area contributed by atoms with E-state index >= 15 is 0 Å². The lowest BCUT2D eigenvalue weighted by atomic mass is 10.2. The van der Waals surface area contributed by atoms with Crippen molar-refractivity contribution in [2.45, 2.75) is 13.8 Å². The Morgan fingerprint density at radius 2 is 2.04 bits per heavy atom. The van der Waals surface area contributed by atoms with Gasteiger partial charge in [0.2, 0.25) is 0 Å². The molecule has 7 heteroatoms. The van der Waals surface area contributed by atoms with Crippen LogP contribution in [-0.2, 0) is 4.79 Å². The molecule has 0 radical (unpaired) electrons. The van der Waals surface area contributed by atoms with Crippen LogP contribution < -0.4 is 10.1 Å². The van der Waals surface area contributed by atoms with Gasteiger partial charge >= 0.3 is 0 Å². The Balaban J connectivity index is 1.67. The van der Waals surface area contributed by atoms with E-state index in [0.717, 1.165) is 5.56 Å². The first kappa shape index (κ1) is 17.0. The van der Waals surface area contributed by atoms with Crippen LogP contribution in [0.15, 0.2) is 47.0 Å². The Bertz CT molecular complexity index is 908. The Morgan fingerprint density at radius 1 is 1.24 bits per heavy atom. The quantitative estimate of drug-likeness (QED) is 0.746. The minimum absolute atomic E-state index is 0.157. The molecule has 1 N–H and O–H groups in total. The van der Waals surface area contributed by atoms with Gasteiger partial charge in [-0.1, -0.05) is 35.0 Å². The standard InChI is InChI=1S/C18H16ClN3O3/c1-11-7-8-13(9-15(11)19)21-17(23)10-24-16-6-4-3-5-14(16)18-20-12(2)22-25-18/h3-9H,10H2,1-2H3,(H,21,23). The van der Waals surface area contributed by atoms with Crippen LogP contribution >= 0.6 is 11.6 Å². The van der Waals surface area contributed by atoms with E-state index in [9.17, 15) is 4.79 Å². The number of nitrogens with one attached hydrogen (secondary N) is 1. The van der Waals surface area contributed by atoms with Crippen molar-refractivity contribution < 1.29 is 14.1 Å². The van der Waals surface area contributed by atoms with Gasteiger partial charge in [0.15, 0.2) is 12.4 Å². The van der Waals surface area contributed by atoms with Crippen LogP contribution in [-0.4, -0.2) is 22.7 Å². The van der Waals surface area contributed by atoms with E-state index in [0.29, 0.717) is 33.7 Å². The number of hydrogen-bond donors (Lipinski definition) is 1. The molecule has 0 spiro atoms. The van der Waals surface area contributed by atoms with Crippen LogP contribution in [0.1, 0.15) is 11.4 Å². The van der Waals surface area contributed by atoms with Gasteiger partial charge in [0.05, 0.1) is 5.56 Å². The summed E-state index contributed by atoms with van der Waals surface area (Å²) < 4.78 is 10.8. The zero-order chi connectivity index (χ0) is 17.8. The minimum Gasteiger partial charge on any atom is -0.483 e. The predicted molar refractivity (Wildman–Crippen MR) is 94.8 cm³/mol. The van der Waals surface area contributed by atoms with Crippen LogP contribution in [0.4, 0.5) is 5.69 Å². The van der Waals surface area contributed by atoms with Crippen molar-refractivity contribution in [3.63, 3.8) is 0 Å². The average Bonchev–Trinajstić information content (AvgIpc) is 3.03. The molecule has 6 nitrogen and oxygen atoms in total. The van der Waals surface area contributed by atoms with Crippen LogP contribution in [0.25, 0.3) is 11.5 Å². The smallest absolute Gasteiger partial charge is 0.262 e. The van der Waals surface area contributed by atoms with Crippen LogP contribution in [0.2, 0.25) is 5.02 Å². The second-order valence-corrected chi connectivity index (χ2v) is 5.85. The highest BCUT2D eigenvalue weighted by atomic mass is 35.5. The summed E-state index contributed by atoms with van der Waals surface area (Å²) >= 11 is 6.05. The van der Waals surface area contributed by atoms with Gasteiger partial charge in [-0.2, -0.15) is 4.98 Å². The number of ether oxygens (including phenoxy) is 1. The Kier molecular flexibility index (Phi) is 5.00. The number of rotatable bonds is 5. The van der Waals surface area contributed by atoms with Crippen molar-refractivity contribution in [3.05, 3.63) is 58.9 Å². The maximum atomic E-state index is 12.1. The molecule has 0 fully saturated rings. The largest absolute Gasteiger partial charge is 0.483 e. The highest BCUT2D eigenvalue weighted by Gasteiger charge is 2.13. The molecular formula is C18H16ClN3O3. The zero-order valence-corrected chi connectivity index (χ0v) is 14.5. The first-order valence-corrected chi connectivity index (χ1v) is 7.99. The van der Waals surface area contributed by atoms with Crippen molar-refractivity contribution in [3.8, 4) is 17.2 Å². The fraction of sp³-hybridized carbons (Fsp3) is 0.167. The van der Waals surface area contributed by atoms with E-state index < -0.39 is 0 Å². The fourth-order valence-corrected chi connectivity index (χ4v) is 2.37. The normalized spacial score (nSPS) is 10.5. The number of para-hydroxylation sites is 1. The molecule has 128 valence electrons. The Labute approximate surface area is 149 Å². The van der Waals surface area contributed by atoms with Gasteiger partial charge in [0, 0.05) is 10.7 Å². The molecule has 25 heavy (non-hydrogen) atoms. The number of anilines is 1. The molecule has 2 aromatic carbocycles. The lowest BCUT2D eigenvalue weighted by Gasteiger charge is -2.10. The van der Waals surface area contributed by atoms with Gasteiger partial charge in [-0.25, -0.2) is 0 Å². The summed E-state index contributed by atoms with van der Waals surface area (Å²) in [6, 6.07) is 12.5. The molecule has 0 aliphatic heterocycles. The maximum Gasteiger partial charge on any atom is 0.262 e. The predicted octanol–water partition coefficient (Wildman–Crippen LogP) is 4.02. The van der Waals surface area contributed by atoms with Crippen molar-refractivity contribution >= 4 is 23.2 Å². The van der Waals surface area contributed by atoms with Crippen molar-refractivity contribution in [2.24, 2.45) is 0 Å². The number of nitrogens with zero attached hydrogens (tertiary/aromatic N) is 2. The van der Waals surface area contributed by atoms with Crippen molar-refractivity contribution in [2.75, 3.05) is 11.9 Å². The topological polar surface area (TPSA) is 77.2 Å². The second kappa shape index (κ2) is 7.36. The number of benzene rings is 2. The molecule has 3 rings (SSSR count). The molecule has 1 aromatic heterocycles. The van der Waals surface area contributed by atoms with E-state index in [1.54, 1.807) is 37.3 Å². The number of aromatic nitrogens is 2. The summed E-state index contributed by atoms with van der Waals surface area (Å²) in [7, 11) is 0. The van der Waals surface area contributed by atoms with Gasteiger partial charge < -0.3 is 14.6 Å². The average molecular weight is 358 g/mol. The number of aryl methyl sites for hydroxylation is 2. The van der Waals surface area contributed by atoms with Crippen molar-refractivity contribution in [1.82, 2.24) is 10.1 Å². The second-order valence-electron chi connectivity index (χ2n) is 5.44. The lowest BCUT2D eigenvalue weighted by molar-refractivity contribution is -0.118. The summed E-state index contributed by atoms with van der Waals surface area (Å²) in [6.45, 7) is 3.47. The number of halogens is 1. The number of carbonyl (C=O) groups excluding carboxylic acids is 1. The molecule has 0 atom stereocenters. The SMILES string of the molecule is Cc1noc(-c2ccccc2OCC(=O)Nc2ccc(C)c(Cl)c2)n1. The summed E-state index contributed by atoms with van der Waals surface area (Å²) in [5, 5.41) is 7.10. The third-order valence-electron chi connectivity index (χ3n) is 3.46. The monoisotopic (exact) mass is 357 g/mol. The van der Waals surface area contributed by atoms with Gasteiger partial charge in [-0.15, -0.1) is 0 Å². The van der Waals surface area contributed by atoms with Crippen LogP contribution in [0, 0.1) is 13.8 Å². The summed E-state index contributed by atoms with van der Waals surface area (Å²) in [5.74, 6) is 1.07. The van der Waals surface area contributed by atoms with Gasteiger partial charge in [-0.3, -0.25) is 4.79 Å². The third-order valence-corrected chi connectivity index (χ3v) is 3.87. The van der Waals surface area contributed by atoms with Gasteiger partial charge in [0.25, 0.3) is 11.8 Å². The Hall–Kier alpha value is -2.86. The number of hydrogen-bond acceptors (Lipinski definition) is 5. The molecule has 0 bridgehead atoms. The summed E-state index contributed by atoms with van der Waals surface area (Å²) in [4.78, 5) is 16.3. The first-order chi connectivity index (χ1) is 12.0. The molecule has 0 saturated heterocycles. The minimum atomic E-state index is -0.295. The van der Waals surface area contributed by atoms with Crippen molar-refractivity contribution in [1.29, 1.82) is 0 Å². The molecule has 3 aromatic rings. The maximum absolute atomic E-state index is 12.1. The fourth-order valence-electron chi connectivity index (χ4n) is 2.19. The molecular weight excluding hydrogens is 342 g/mol. The highest BCUT2D eigenvalue weighted by molar-refractivity contribution is 6.31. The third kappa shape index (κ3) is 4.16. The Morgan fingerprint density at radius 3 is 2.76 bits per heavy atom. The molecule has 1 heterocycles. The molecule has 0 aliphatic carbocycles. The van der Waals surface area contributed by atoms with E-state index in [-0.39, 0.29) is 12.5 Å². The van der Waals surface area contributed by atoms with Gasteiger partial charge in [-0.05, 0) is 43.7 Å².